The Balaban J connectivity index is 1.41. The van der Waals surface area contributed by atoms with Gasteiger partial charge in [-0.3, -0.25) is 19.8 Å². The van der Waals surface area contributed by atoms with Gasteiger partial charge in [0.1, 0.15) is 0 Å². The summed E-state index contributed by atoms with van der Waals surface area (Å²) < 4.78 is 12.1. The Hall–Kier alpha value is -3.19. The van der Waals surface area contributed by atoms with E-state index in [-0.39, 0.29) is 16.8 Å². The molecule has 2 heterocycles. The second-order valence-electron chi connectivity index (χ2n) is 8.10. The molecule has 0 bridgehead atoms. The van der Waals surface area contributed by atoms with Crippen molar-refractivity contribution in [3.8, 4) is 11.5 Å². The fraction of sp³-hybridized carbons (Fsp3) is 0.154. The van der Waals surface area contributed by atoms with Crippen LogP contribution in [0.15, 0.2) is 57.2 Å². The van der Waals surface area contributed by atoms with Crippen molar-refractivity contribution in [3.63, 3.8) is 0 Å². The molecule has 12 heteroatoms. The summed E-state index contributed by atoms with van der Waals surface area (Å²) in [5.74, 6) is -0.406. The lowest BCUT2D eigenvalue weighted by atomic mass is 10.1. The molecule has 4 rings (SSSR count). The number of thioether (sulfide) groups is 1. The number of hydrogen-bond donors (Lipinski definition) is 2. The number of hydrogen-bond acceptors (Lipinski definition) is 8. The molecule has 3 amide bonds. The van der Waals surface area contributed by atoms with Crippen molar-refractivity contribution in [1.82, 2.24) is 10.4 Å². The van der Waals surface area contributed by atoms with Gasteiger partial charge in [0.2, 0.25) is 0 Å². The van der Waals surface area contributed by atoms with Crippen molar-refractivity contribution in [2.75, 3.05) is 19.0 Å². The fourth-order valence-corrected chi connectivity index (χ4v) is 5.73. The molecule has 0 spiro atoms. The van der Waals surface area contributed by atoms with Crippen LogP contribution in [0.3, 0.4) is 0 Å². The molecule has 38 heavy (non-hydrogen) atoms. The molecule has 0 atom stereocenters. The highest BCUT2D eigenvalue weighted by molar-refractivity contribution is 9.10. The van der Waals surface area contributed by atoms with E-state index >= 15 is 0 Å². The molecular weight excluding hydrogens is 610 g/mol. The van der Waals surface area contributed by atoms with Crippen molar-refractivity contribution in [3.05, 3.63) is 78.8 Å². The van der Waals surface area contributed by atoms with Gasteiger partial charge in [-0.15, -0.1) is 11.3 Å². The van der Waals surface area contributed by atoms with Crippen molar-refractivity contribution < 1.29 is 23.9 Å². The molecule has 8 nitrogen and oxygen atoms in total. The molecule has 2 aromatic carbocycles. The summed E-state index contributed by atoms with van der Waals surface area (Å²) in [4.78, 5) is 38.5. The van der Waals surface area contributed by atoms with E-state index in [0.29, 0.717) is 32.5 Å². The number of nitrogens with zero attached hydrogens (tertiary/aromatic N) is 1. The molecule has 1 fully saturated rings. The molecule has 2 N–H and O–H groups in total. The highest BCUT2D eigenvalue weighted by Gasteiger charge is 2.34. The van der Waals surface area contributed by atoms with E-state index in [0.717, 1.165) is 32.4 Å². The SMILES string of the molecule is COc1cc(/C=C2/SC(=S)N(NC(=O)c3cccs3)C2=O)ccc1OCC(=O)Nc1cc(C)c(C)cc1Br. The number of thiophene rings is 1. The molecule has 0 aliphatic carbocycles. The molecule has 0 radical (unpaired) electrons. The quantitative estimate of drug-likeness (QED) is 0.243. The highest BCUT2D eigenvalue weighted by Crippen LogP contribution is 2.34. The third-order valence-corrected chi connectivity index (χ3v) is 8.28. The average Bonchev–Trinajstić information content (AvgIpc) is 3.51. The molecule has 3 aromatic rings. The first-order chi connectivity index (χ1) is 18.2. The summed E-state index contributed by atoms with van der Waals surface area (Å²) in [6.45, 7) is 3.74. The van der Waals surface area contributed by atoms with Gasteiger partial charge in [0.05, 0.1) is 22.6 Å². The first-order valence-corrected chi connectivity index (χ1v) is 14.1. The smallest absolute Gasteiger partial charge is 0.285 e. The Morgan fingerprint density at radius 1 is 1.13 bits per heavy atom. The second kappa shape index (κ2) is 12.1. The van der Waals surface area contributed by atoms with Gasteiger partial charge in [-0.25, -0.2) is 0 Å². The lowest BCUT2D eigenvalue weighted by molar-refractivity contribution is -0.123. The lowest BCUT2D eigenvalue weighted by Gasteiger charge is -2.14. The predicted octanol–water partition coefficient (Wildman–Crippen LogP) is 5.70. The zero-order valence-corrected chi connectivity index (χ0v) is 24.5. The van der Waals surface area contributed by atoms with Crippen LogP contribution in [-0.4, -0.2) is 40.8 Å². The van der Waals surface area contributed by atoms with Gasteiger partial charge in [0, 0.05) is 4.47 Å². The van der Waals surface area contributed by atoms with E-state index in [4.69, 9.17) is 21.7 Å². The average molecular weight is 633 g/mol. The molecule has 0 unspecified atom stereocenters. The van der Waals surface area contributed by atoms with Crippen molar-refractivity contribution in [1.29, 1.82) is 0 Å². The zero-order chi connectivity index (χ0) is 27.4. The largest absolute Gasteiger partial charge is 0.493 e. The van der Waals surface area contributed by atoms with Gasteiger partial charge in [-0.05, 0) is 100 Å². The molecule has 1 aliphatic rings. The van der Waals surface area contributed by atoms with E-state index in [1.165, 1.54) is 18.4 Å². The van der Waals surface area contributed by atoms with Gasteiger partial charge in [-0.2, -0.15) is 5.01 Å². The summed E-state index contributed by atoms with van der Waals surface area (Å²) in [5, 5.41) is 5.67. The van der Waals surface area contributed by atoms with Crippen LogP contribution < -0.4 is 20.2 Å². The number of rotatable bonds is 8. The van der Waals surface area contributed by atoms with Gasteiger partial charge in [0.25, 0.3) is 17.7 Å². The minimum absolute atomic E-state index is 0.222. The maximum absolute atomic E-state index is 12.9. The number of anilines is 1. The number of benzene rings is 2. The van der Waals surface area contributed by atoms with Crippen molar-refractivity contribution in [2.24, 2.45) is 0 Å². The van der Waals surface area contributed by atoms with Crippen molar-refractivity contribution >= 4 is 85.1 Å². The standard InChI is InChI=1S/C26H22BrN3O5S3/c1-14-9-17(27)18(10-15(14)2)28-23(31)13-35-19-7-6-16(11-20(19)34-3)12-22-25(33)30(26(36)38-22)29-24(32)21-5-4-8-37-21/h4-12H,13H2,1-3H3,(H,28,31)(H,29,32)/b22-12+. The Morgan fingerprint density at radius 3 is 2.61 bits per heavy atom. The molecule has 0 saturated carbocycles. The first-order valence-electron chi connectivity index (χ1n) is 11.2. The van der Waals surface area contributed by atoms with Crippen LogP contribution in [-0.2, 0) is 9.59 Å². The molecule has 1 aromatic heterocycles. The van der Waals surface area contributed by atoms with Crippen LogP contribution >= 0.6 is 51.2 Å². The molecular formula is C26H22BrN3O5S3. The third-order valence-electron chi connectivity index (χ3n) is 5.45. The zero-order valence-electron chi connectivity index (χ0n) is 20.5. The fourth-order valence-electron chi connectivity index (χ4n) is 3.38. The second-order valence-corrected chi connectivity index (χ2v) is 11.6. The Kier molecular flexibility index (Phi) is 8.87. The maximum atomic E-state index is 12.9. The summed E-state index contributed by atoms with van der Waals surface area (Å²) in [6, 6.07) is 12.3. The van der Waals surface area contributed by atoms with E-state index in [2.05, 4.69) is 26.7 Å². The summed E-state index contributed by atoms with van der Waals surface area (Å²) in [6.07, 6.45) is 1.65. The van der Waals surface area contributed by atoms with E-state index in [1.54, 1.807) is 41.8 Å². The normalized spacial score (nSPS) is 14.1. The number of hydrazine groups is 1. The number of ether oxygens (including phenoxy) is 2. The number of methoxy groups -OCH3 is 1. The minimum atomic E-state index is -0.432. The Morgan fingerprint density at radius 2 is 1.89 bits per heavy atom. The summed E-state index contributed by atoms with van der Waals surface area (Å²) >= 11 is 11.1. The first kappa shape index (κ1) is 27.8. The van der Waals surface area contributed by atoms with Gasteiger partial charge < -0.3 is 14.8 Å². The van der Waals surface area contributed by atoms with Gasteiger partial charge >= 0.3 is 0 Å². The third kappa shape index (κ3) is 6.44. The van der Waals surface area contributed by atoms with Crippen LogP contribution in [0.5, 0.6) is 11.5 Å². The molecule has 1 aliphatic heterocycles. The van der Waals surface area contributed by atoms with E-state index in [1.807, 2.05) is 26.0 Å². The van der Waals surface area contributed by atoms with Crippen LogP contribution in [0.1, 0.15) is 26.4 Å². The number of aryl methyl sites for hydroxylation is 2. The highest BCUT2D eigenvalue weighted by atomic mass is 79.9. The number of halogens is 1. The monoisotopic (exact) mass is 631 g/mol. The topological polar surface area (TPSA) is 97.0 Å². The van der Waals surface area contributed by atoms with Gasteiger partial charge in [-0.1, -0.05) is 23.9 Å². The predicted molar refractivity (Wildman–Crippen MR) is 158 cm³/mol. The Bertz CT molecular complexity index is 1460. The number of thiocarbonyl (C=S) groups is 1. The number of nitrogens with one attached hydrogen (secondary N) is 2. The maximum Gasteiger partial charge on any atom is 0.285 e. The van der Waals surface area contributed by atoms with Crippen LogP contribution in [0.2, 0.25) is 0 Å². The van der Waals surface area contributed by atoms with E-state index < -0.39 is 11.8 Å². The minimum Gasteiger partial charge on any atom is -0.493 e. The molecule has 196 valence electrons. The summed E-state index contributed by atoms with van der Waals surface area (Å²) in [7, 11) is 1.48. The van der Waals surface area contributed by atoms with Crippen LogP contribution in [0.25, 0.3) is 6.08 Å². The number of amides is 3. The lowest BCUT2D eigenvalue weighted by Crippen LogP contribution is -2.44. The van der Waals surface area contributed by atoms with Crippen LogP contribution in [0.4, 0.5) is 5.69 Å². The molecule has 1 saturated heterocycles. The van der Waals surface area contributed by atoms with Crippen LogP contribution in [0, 0.1) is 13.8 Å². The Labute approximate surface area is 241 Å². The van der Waals surface area contributed by atoms with E-state index in [9.17, 15) is 14.4 Å². The number of carbonyl (C=O) groups excluding carboxylic acids is 3. The number of carbonyl (C=O) groups is 3. The van der Waals surface area contributed by atoms with Crippen molar-refractivity contribution in [2.45, 2.75) is 13.8 Å². The van der Waals surface area contributed by atoms with Gasteiger partial charge in [0.15, 0.2) is 22.4 Å². The summed E-state index contributed by atoms with van der Waals surface area (Å²) in [5.41, 5.74) is 6.04.